The molecule has 19 heavy (non-hydrogen) atoms. The number of aryl methyl sites for hydroxylation is 2. The highest BCUT2D eigenvalue weighted by molar-refractivity contribution is 5.73. The fraction of sp³-hybridized carbons (Fsp3) is 0.529. The standard InChI is InChI=1S/C17H27NO/c1-12(2)15(8-6-7-9-18)16-10-13(3)14(4)11-17(16)19-5/h8,10-12H,6-7,9,18H2,1-5H3/b15-8+. The van der Waals surface area contributed by atoms with Gasteiger partial charge in [-0.05, 0) is 68.0 Å². The first-order chi connectivity index (χ1) is 9.01. The van der Waals surface area contributed by atoms with E-state index in [2.05, 4.69) is 45.9 Å². The highest BCUT2D eigenvalue weighted by Gasteiger charge is 2.13. The number of methoxy groups -OCH3 is 1. The van der Waals surface area contributed by atoms with Gasteiger partial charge in [0.1, 0.15) is 5.75 Å². The van der Waals surface area contributed by atoms with Gasteiger partial charge in [-0.2, -0.15) is 0 Å². The second-order valence-electron chi connectivity index (χ2n) is 5.38. The molecule has 0 fully saturated rings. The van der Waals surface area contributed by atoms with Crippen molar-refractivity contribution in [1.29, 1.82) is 0 Å². The van der Waals surface area contributed by atoms with Crippen LogP contribution in [0.3, 0.4) is 0 Å². The van der Waals surface area contributed by atoms with Gasteiger partial charge in [-0.3, -0.25) is 0 Å². The van der Waals surface area contributed by atoms with Gasteiger partial charge in [-0.25, -0.2) is 0 Å². The number of allylic oxidation sites excluding steroid dienone is 2. The van der Waals surface area contributed by atoms with Crippen LogP contribution in [0.25, 0.3) is 5.57 Å². The van der Waals surface area contributed by atoms with Crippen molar-refractivity contribution in [2.24, 2.45) is 11.7 Å². The van der Waals surface area contributed by atoms with Gasteiger partial charge in [0.2, 0.25) is 0 Å². The molecule has 106 valence electrons. The average molecular weight is 261 g/mol. The molecule has 0 saturated heterocycles. The van der Waals surface area contributed by atoms with Crippen LogP contribution in [0.4, 0.5) is 0 Å². The molecule has 0 aliphatic rings. The van der Waals surface area contributed by atoms with Crippen molar-refractivity contribution in [3.63, 3.8) is 0 Å². The maximum atomic E-state index is 5.58. The van der Waals surface area contributed by atoms with E-state index in [0.29, 0.717) is 5.92 Å². The summed E-state index contributed by atoms with van der Waals surface area (Å²) < 4.78 is 5.55. The van der Waals surface area contributed by atoms with Crippen LogP contribution in [0.2, 0.25) is 0 Å². The van der Waals surface area contributed by atoms with Crippen molar-refractivity contribution in [3.8, 4) is 5.75 Å². The highest BCUT2D eigenvalue weighted by Crippen LogP contribution is 2.33. The van der Waals surface area contributed by atoms with E-state index in [1.54, 1.807) is 7.11 Å². The van der Waals surface area contributed by atoms with Crippen LogP contribution >= 0.6 is 0 Å². The van der Waals surface area contributed by atoms with Crippen molar-refractivity contribution in [3.05, 3.63) is 34.9 Å². The van der Waals surface area contributed by atoms with Gasteiger partial charge >= 0.3 is 0 Å². The summed E-state index contributed by atoms with van der Waals surface area (Å²) in [5.41, 5.74) is 10.7. The maximum Gasteiger partial charge on any atom is 0.126 e. The van der Waals surface area contributed by atoms with Gasteiger partial charge in [0.15, 0.2) is 0 Å². The number of ether oxygens (including phenoxy) is 1. The van der Waals surface area contributed by atoms with E-state index in [0.717, 1.165) is 25.1 Å². The average Bonchev–Trinajstić information content (AvgIpc) is 2.37. The minimum absolute atomic E-state index is 0.480. The smallest absolute Gasteiger partial charge is 0.126 e. The molecule has 2 N–H and O–H groups in total. The Kier molecular flexibility index (Phi) is 6.10. The summed E-state index contributed by atoms with van der Waals surface area (Å²) in [7, 11) is 1.74. The van der Waals surface area contributed by atoms with Gasteiger partial charge in [-0.15, -0.1) is 0 Å². The molecule has 1 aromatic carbocycles. The first kappa shape index (κ1) is 15.8. The van der Waals surface area contributed by atoms with Gasteiger partial charge in [0, 0.05) is 5.56 Å². The van der Waals surface area contributed by atoms with Crippen LogP contribution in [0.1, 0.15) is 43.4 Å². The van der Waals surface area contributed by atoms with E-state index < -0.39 is 0 Å². The lowest BCUT2D eigenvalue weighted by Crippen LogP contribution is -2.01. The SMILES string of the molecule is COc1cc(C)c(C)cc1/C(=C/CCCN)C(C)C. The molecular formula is C17H27NO. The zero-order valence-electron chi connectivity index (χ0n) is 12.9. The molecule has 0 amide bonds. The van der Waals surface area contributed by atoms with Crippen LogP contribution in [0, 0.1) is 19.8 Å². The number of unbranched alkanes of at least 4 members (excludes halogenated alkanes) is 1. The van der Waals surface area contributed by atoms with Crippen LogP contribution in [0.15, 0.2) is 18.2 Å². The molecule has 1 rings (SSSR count). The topological polar surface area (TPSA) is 35.2 Å². The molecule has 0 unspecified atom stereocenters. The fourth-order valence-electron chi connectivity index (χ4n) is 2.22. The Morgan fingerprint density at radius 3 is 2.42 bits per heavy atom. The second kappa shape index (κ2) is 7.34. The molecule has 0 aliphatic heterocycles. The molecule has 2 heteroatoms. The number of rotatable bonds is 6. The normalized spacial score (nSPS) is 12.1. The number of hydrogen-bond donors (Lipinski definition) is 1. The summed E-state index contributed by atoms with van der Waals surface area (Å²) in [6.45, 7) is 9.46. The summed E-state index contributed by atoms with van der Waals surface area (Å²) in [6.07, 6.45) is 4.37. The maximum absolute atomic E-state index is 5.58. The van der Waals surface area contributed by atoms with Crippen molar-refractivity contribution in [2.75, 3.05) is 13.7 Å². The predicted molar refractivity (Wildman–Crippen MR) is 83.6 cm³/mol. The Labute approximate surface area is 117 Å². The molecule has 0 saturated carbocycles. The number of nitrogens with two attached hydrogens (primary N) is 1. The summed E-state index contributed by atoms with van der Waals surface area (Å²) in [5, 5.41) is 0. The number of benzene rings is 1. The minimum atomic E-state index is 0.480. The number of hydrogen-bond acceptors (Lipinski definition) is 2. The summed E-state index contributed by atoms with van der Waals surface area (Å²) >= 11 is 0. The van der Waals surface area contributed by atoms with E-state index >= 15 is 0 Å². The van der Waals surface area contributed by atoms with E-state index in [1.165, 1.54) is 22.3 Å². The predicted octanol–water partition coefficient (Wildman–Crippen LogP) is 4.09. The summed E-state index contributed by atoms with van der Waals surface area (Å²) in [4.78, 5) is 0. The molecule has 1 aromatic rings. The minimum Gasteiger partial charge on any atom is -0.496 e. The quantitative estimate of drug-likeness (QED) is 0.783. The Morgan fingerprint density at radius 2 is 1.89 bits per heavy atom. The van der Waals surface area contributed by atoms with Gasteiger partial charge in [-0.1, -0.05) is 19.9 Å². The fourth-order valence-corrected chi connectivity index (χ4v) is 2.22. The second-order valence-corrected chi connectivity index (χ2v) is 5.38. The third-order valence-electron chi connectivity index (χ3n) is 3.52. The molecule has 0 heterocycles. The van der Waals surface area contributed by atoms with Crippen molar-refractivity contribution in [2.45, 2.75) is 40.5 Å². The molecular weight excluding hydrogens is 234 g/mol. The lowest BCUT2D eigenvalue weighted by molar-refractivity contribution is 0.412. The van der Waals surface area contributed by atoms with E-state index in [9.17, 15) is 0 Å². The van der Waals surface area contributed by atoms with Crippen LogP contribution < -0.4 is 10.5 Å². The molecule has 0 bridgehead atoms. The molecule has 0 aliphatic carbocycles. The summed E-state index contributed by atoms with van der Waals surface area (Å²) in [6, 6.07) is 4.37. The zero-order chi connectivity index (χ0) is 14.4. The molecule has 0 spiro atoms. The van der Waals surface area contributed by atoms with Gasteiger partial charge in [0.25, 0.3) is 0 Å². The van der Waals surface area contributed by atoms with Crippen molar-refractivity contribution >= 4 is 5.57 Å². The Hall–Kier alpha value is -1.28. The van der Waals surface area contributed by atoms with E-state index in [1.807, 2.05) is 0 Å². The first-order valence-corrected chi connectivity index (χ1v) is 7.07. The van der Waals surface area contributed by atoms with Gasteiger partial charge in [0.05, 0.1) is 7.11 Å². The first-order valence-electron chi connectivity index (χ1n) is 7.07. The van der Waals surface area contributed by atoms with Gasteiger partial charge < -0.3 is 10.5 Å². The third-order valence-corrected chi connectivity index (χ3v) is 3.52. The van der Waals surface area contributed by atoms with E-state index in [4.69, 9.17) is 10.5 Å². The van der Waals surface area contributed by atoms with Crippen LogP contribution in [-0.2, 0) is 0 Å². The Balaban J connectivity index is 3.22. The molecule has 2 nitrogen and oxygen atoms in total. The van der Waals surface area contributed by atoms with Crippen molar-refractivity contribution in [1.82, 2.24) is 0 Å². The van der Waals surface area contributed by atoms with Crippen LogP contribution in [0.5, 0.6) is 5.75 Å². The Morgan fingerprint density at radius 1 is 1.26 bits per heavy atom. The largest absolute Gasteiger partial charge is 0.496 e. The van der Waals surface area contributed by atoms with E-state index in [-0.39, 0.29) is 0 Å². The molecule has 0 atom stereocenters. The Bertz CT molecular complexity index is 447. The van der Waals surface area contributed by atoms with Crippen molar-refractivity contribution < 1.29 is 4.74 Å². The van der Waals surface area contributed by atoms with Crippen LogP contribution in [-0.4, -0.2) is 13.7 Å². The summed E-state index contributed by atoms with van der Waals surface area (Å²) in [5.74, 6) is 1.45. The molecule has 0 radical (unpaired) electrons. The zero-order valence-corrected chi connectivity index (χ0v) is 12.9. The highest BCUT2D eigenvalue weighted by atomic mass is 16.5. The lowest BCUT2D eigenvalue weighted by atomic mass is 9.91. The third kappa shape index (κ3) is 4.10. The molecule has 0 aromatic heterocycles. The monoisotopic (exact) mass is 261 g/mol. The lowest BCUT2D eigenvalue weighted by Gasteiger charge is -2.18.